The zero-order valence-electron chi connectivity index (χ0n) is 16.6. The van der Waals surface area contributed by atoms with Gasteiger partial charge in [0.1, 0.15) is 5.75 Å². The van der Waals surface area contributed by atoms with E-state index in [1.54, 1.807) is 31.2 Å². The highest BCUT2D eigenvalue weighted by molar-refractivity contribution is 5.96. The highest BCUT2D eigenvalue weighted by atomic mass is 16.5. The fourth-order valence-electron chi connectivity index (χ4n) is 2.97. The second-order valence-corrected chi connectivity index (χ2v) is 7.33. The minimum atomic E-state index is -0.477. The van der Waals surface area contributed by atoms with Crippen molar-refractivity contribution in [2.24, 2.45) is 5.41 Å². The van der Waals surface area contributed by atoms with Gasteiger partial charge in [0.2, 0.25) is 11.7 Å². The standard InChI is InChI=1S/C22H25N3O4/c1-16-24-20(25-29-16)13-28-19-11-7-6-10-18(19)21(27)23-14-22(2,15-26)12-17-8-4-3-5-9-17/h3-11,26H,12-15H2,1-2H3,(H,23,27)/t22-/m0/s1. The van der Waals surface area contributed by atoms with Gasteiger partial charge in [0.25, 0.3) is 5.91 Å². The molecule has 0 unspecified atom stereocenters. The summed E-state index contributed by atoms with van der Waals surface area (Å²) in [5.41, 5.74) is 1.04. The van der Waals surface area contributed by atoms with E-state index in [-0.39, 0.29) is 19.1 Å². The first-order valence-electron chi connectivity index (χ1n) is 9.43. The molecule has 0 aliphatic carbocycles. The van der Waals surface area contributed by atoms with Crippen LogP contribution < -0.4 is 10.1 Å². The molecule has 29 heavy (non-hydrogen) atoms. The summed E-state index contributed by atoms with van der Waals surface area (Å²) in [5.74, 6) is 1.03. The summed E-state index contributed by atoms with van der Waals surface area (Å²) in [6, 6.07) is 16.9. The van der Waals surface area contributed by atoms with E-state index in [1.807, 2.05) is 37.3 Å². The topological polar surface area (TPSA) is 97.5 Å². The molecule has 0 fully saturated rings. The molecule has 0 aliphatic heterocycles. The average molecular weight is 395 g/mol. The quantitative estimate of drug-likeness (QED) is 0.578. The van der Waals surface area contributed by atoms with Gasteiger partial charge in [-0.25, -0.2) is 0 Å². The molecule has 3 aromatic rings. The van der Waals surface area contributed by atoms with Crippen LogP contribution >= 0.6 is 0 Å². The number of amides is 1. The molecule has 1 amide bonds. The van der Waals surface area contributed by atoms with Gasteiger partial charge in [-0.2, -0.15) is 4.98 Å². The van der Waals surface area contributed by atoms with Crippen molar-refractivity contribution in [3.63, 3.8) is 0 Å². The molecule has 0 bridgehead atoms. The van der Waals surface area contributed by atoms with E-state index in [4.69, 9.17) is 9.26 Å². The summed E-state index contributed by atoms with van der Waals surface area (Å²) in [6.45, 7) is 4.03. The van der Waals surface area contributed by atoms with Crippen molar-refractivity contribution in [3.05, 3.63) is 77.4 Å². The number of para-hydroxylation sites is 1. The number of ether oxygens (including phenoxy) is 1. The number of aryl methyl sites for hydroxylation is 1. The Hall–Kier alpha value is -3.19. The number of aromatic nitrogens is 2. The van der Waals surface area contributed by atoms with Gasteiger partial charge < -0.3 is 19.7 Å². The molecule has 3 rings (SSSR count). The van der Waals surface area contributed by atoms with Gasteiger partial charge in [0.15, 0.2) is 6.61 Å². The number of carbonyl (C=O) groups is 1. The highest BCUT2D eigenvalue weighted by Crippen LogP contribution is 2.23. The van der Waals surface area contributed by atoms with Crippen LogP contribution in [-0.2, 0) is 13.0 Å². The Labute approximate surface area is 169 Å². The number of nitrogens with zero attached hydrogens (tertiary/aromatic N) is 2. The Morgan fingerprint density at radius 2 is 1.90 bits per heavy atom. The lowest BCUT2D eigenvalue weighted by atomic mass is 9.84. The molecular formula is C22H25N3O4. The third-order valence-corrected chi connectivity index (χ3v) is 4.59. The average Bonchev–Trinajstić information content (AvgIpc) is 3.16. The second kappa shape index (κ2) is 9.34. The van der Waals surface area contributed by atoms with Gasteiger partial charge in [-0.1, -0.05) is 54.5 Å². The first-order chi connectivity index (χ1) is 14.0. The molecule has 152 valence electrons. The zero-order chi connectivity index (χ0) is 20.7. The lowest BCUT2D eigenvalue weighted by Crippen LogP contribution is -2.39. The maximum Gasteiger partial charge on any atom is 0.255 e. The number of hydrogen-bond donors (Lipinski definition) is 2. The molecule has 1 heterocycles. The third-order valence-electron chi connectivity index (χ3n) is 4.59. The van der Waals surface area contributed by atoms with Crippen LogP contribution in [0.15, 0.2) is 59.1 Å². The molecule has 1 atom stereocenters. The largest absolute Gasteiger partial charge is 0.485 e. The van der Waals surface area contributed by atoms with Crippen molar-refractivity contribution in [2.75, 3.05) is 13.2 Å². The van der Waals surface area contributed by atoms with Gasteiger partial charge in [0, 0.05) is 18.9 Å². The molecule has 7 nitrogen and oxygen atoms in total. The number of carbonyl (C=O) groups excluding carboxylic acids is 1. The summed E-state index contributed by atoms with van der Waals surface area (Å²) in [5, 5.41) is 16.6. The molecule has 0 saturated carbocycles. The third kappa shape index (κ3) is 5.65. The van der Waals surface area contributed by atoms with Crippen LogP contribution in [0.25, 0.3) is 0 Å². The monoisotopic (exact) mass is 395 g/mol. The van der Waals surface area contributed by atoms with Crippen molar-refractivity contribution in [1.29, 1.82) is 0 Å². The molecule has 0 spiro atoms. The number of nitrogens with one attached hydrogen (secondary N) is 1. The number of aliphatic hydroxyl groups is 1. The van der Waals surface area contributed by atoms with Crippen molar-refractivity contribution in [2.45, 2.75) is 26.9 Å². The Morgan fingerprint density at radius 3 is 2.59 bits per heavy atom. The van der Waals surface area contributed by atoms with Crippen molar-refractivity contribution >= 4 is 5.91 Å². The summed E-state index contributed by atoms with van der Waals surface area (Å²) < 4.78 is 10.6. The smallest absolute Gasteiger partial charge is 0.255 e. The van der Waals surface area contributed by atoms with E-state index >= 15 is 0 Å². The lowest BCUT2D eigenvalue weighted by molar-refractivity contribution is 0.0891. The molecule has 1 aromatic heterocycles. The Morgan fingerprint density at radius 1 is 1.17 bits per heavy atom. The summed E-state index contributed by atoms with van der Waals surface area (Å²) in [7, 11) is 0. The number of benzene rings is 2. The van der Waals surface area contributed by atoms with Crippen molar-refractivity contribution < 1.29 is 19.2 Å². The molecule has 0 aliphatic rings. The molecule has 2 aromatic carbocycles. The van der Waals surface area contributed by atoms with E-state index in [1.165, 1.54) is 0 Å². The van der Waals surface area contributed by atoms with E-state index in [0.29, 0.717) is 36.0 Å². The maximum absolute atomic E-state index is 12.8. The maximum atomic E-state index is 12.8. The molecule has 2 N–H and O–H groups in total. The van der Waals surface area contributed by atoms with Gasteiger partial charge in [-0.3, -0.25) is 4.79 Å². The first kappa shape index (κ1) is 20.5. The molecule has 7 heteroatoms. The van der Waals surface area contributed by atoms with Crippen LogP contribution in [-0.4, -0.2) is 34.3 Å². The second-order valence-electron chi connectivity index (χ2n) is 7.33. The normalized spacial score (nSPS) is 12.9. The zero-order valence-corrected chi connectivity index (χ0v) is 16.6. The van der Waals surface area contributed by atoms with Crippen LogP contribution in [0.5, 0.6) is 5.75 Å². The first-order valence-corrected chi connectivity index (χ1v) is 9.43. The van der Waals surface area contributed by atoms with Crippen molar-refractivity contribution in [3.8, 4) is 5.75 Å². The van der Waals surface area contributed by atoms with Crippen LogP contribution in [0.4, 0.5) is 0 Å². The Balaban J connectivity index is 1.63. The van der Waals surface area contributed by atoms with Crippen LogP contribution in [0.2, 0.25) is 0 Å². The van der Waals surface area contributed by atoms with Gasteiger partial charge in [-0.05, 0) is 24.1 Å². The van der Waals surface area contributed by atoms with E-state index in [0.717, 1.165) is 5.56 Å². The van der Waals surface area contributed by atoms with Crippen molar-refractivity contribution in [1.82, 2.24) is 15.5 Å². The van der Waals surface area contributed by atoms with E-state index in [2.05, 4.69) is 15.5 Å². The number of hydrogen-bond acceptors (Lipinski definition) is 6. The molecule has 0 radical (unpaired) electrons. The molecule has 0 saturated heterocycles. The van der Waals surface area contributed by atoms with E-state index < -0.39 is 5.41 Å². The Bertz CT molecular complexity index is 942. The summed E-state index contributed by atoms with van der Waals surface area (Å²) >= 11 is 0. The lowest BCUT2D eigenvalue weighted by Gasteiger charge is -2.28. The van der Waals surface area contributed by atoms with Gasteiger partial charge in [0.05, 0.1) is 12.2 Å². The predicted octanol–water partition coefficient (Wildman–Crippen LogP) is 2.93. The van der Waals surface area contributed by atoms with Crippen LogP contribution in [0.1, 0.15) is 34.6 Å². The van der Waals surface area contributed by atoms with Crippen LogP contribution in [0.3, 0.4) is 0 Å². The fourth-order valence-corrected chi connectivity index (χ4v) is 2.97. The molecular weight excluding hydrogens is 370 g/mol. The summed E-state index contributed by atoms with van der Waals surface area (Å²) in [4.78, 5) is 16.9. The highest BCUT2D eigenvalue weighted by Gasteiger charge is 2.25. The predicted molar refractivity (Wildman–Crippen MR) is 107 cm³/mol. The van der Waals surface area contributed by atoms with E-state index in [9.17, 15) is 9.90 Å². The Kier molecular flexibility index (Phi) is 6.61. The summed E-state index contributed by atoms with van der Waals surface area (Å²) in [6.07, 6.45) is 0.653. The number of aliphatic hydroxyl groups excluding tert-OH is 1. The SMILES string of the molecule is Cc1nc(COc2ccccc2C(=O)NC[C@@](C)(CO)Cc2ccccc2)no1. The van der Waals surface area contributed by atoms with Gasteiger partial charge in [-0.15, -0.1) is 0 Å². The minimum Gasteiger partial charge on any atom is -0.485 e. The fraction of sp³-hybridized carbons (Fsp3) is 0.318. The minimum absolute atomic E-state index is 0.0441. The number of rotatable bonds is 9. The van der Waals surface area contributed by atoms with Crippen LogP contribution in [0, 0.1) is 12.3 Å². The van der Waals surface area contributed by atoms with Gasteiger partial charge >= 0.3 is 0 Å².